The molecular weight excluding hydrogens is 296 g/mol. The fourth-order valence-electron chi connectivity index (χ4n) is 1.56. The van der Waals surface area contributed by atoms with Crippen LogP contribution in [-0.4, -0.2) is 40.4 Å². The van der Waals surface area contributed by atoms with Gasteiger partial charge in [0.2, 0.25) is 0 Å². The summed E-state index contributed by atoms with van der Waals surface area (Å²) in [4.78, 5) is 41.3. The number of rotatable bonds is 6. The molecule has 0 saturated carbocycles. The highest BCUT2D eigenvalue weighted by atomic mass is 32.2. The number of thioether (sulfide) groups is 1. The number of carbonyl (C=O) groups is 2. The van der Waals surface area contributed by atoms with Crippen molar-refractivity contribution in [2.75, 3.05) is 13.2 Å². The van der Waals surface area contributed by atoms with Crippen LogP contribution in [0.4, 0.5) is 0 Å². The third-order valence-electron chi connectivity index (χ3n) is 2.47. The summed E-state index contributed by atoms with van der Waals surface area (Å²) in [6.45, 7) is 7.05. The molecule has 0 aliphatic carbocycles. The van der Waals surface area contributed by atoms with Gasteiger partial charge in [-0.3, -0.25) is 4.79 Å². The van der Waals surface area contributed by atoms with Crippen molar-refractivity contribution in [2.45, 2.75) is 38.0 Å². The van der Waals surface area contributed by atoms with Crippen LogP contribution in [0.3, 0.4) is 0 Å². The fraction of sp³-hybridized carbons (Fsp3) is 0.538. The molecule has 1 atom stereocenters. The first-order valence-corrected chi connectivity index (χ1v) is 7.39. The molecular formula is C13H18N2O5S. The maximum absolute atomic E-state index is 12.0. The van der Waals surface area contributed by atoms with Crippen molar-refractivity contribution >= 4 is 23.7 Å². The molecule has 0 spiro atoms. The Morgan fingerprint density at radius 1 is 1.29 bits per heavy atom. The highest BCUT2D eigenvalue weighted by Crippen LogP contribution is 2.26. The molecule has 0 aromatic carbocycles. The second kappa shape index (κ2) is 7.82. The molecule has 0 amide bonds. The van der Waals surface area contributed by atoms with Crippen LogP contribution in [0.25, 0.3) is 0 Å². The number of aromatic amines is 1. The van der Waals surface area contributed by atoms with E-state index in [1.807, 2.05) is 0 Å². The maximum atomic E-state index is 12.0. The summed E-state index contributed by atoms with van der Waals surface area (Å²) in [5, 5.41) is -0.429. The van der Waals surface area contributed by atoms with Gasteiger partial charge in [0, 0.05) is 5.69 Å². The SMILES string of the molecule is CCOC(=O)c1c(S[C@H](C)C(=O)OCC)nc(=O)[nH]c1C. The molecule has 0 aliphatic heterocycles. The molecule has 1 aromatic heterocycles. The van der Waals surface area contributed by atoms with Gasteiger partial charge in [0.1, 0.15) is 15.8 Å². The van der Waals surface area contributed by atoms with Crippen LogP contribution in [0.5, 0.6) is 0 Å². The van der Waals surface area contributed by atoms with E-state index in [-0.39, 0.29) is 23.8 Å². The second-order valence-corrected chi connectivity index (χ2v) is 5.41. The Labute approximate surface area is 126 Å². The van der Waals surface area contributed by atoms with Gasteiger partial charge in [0.15, 0.2) is 0 Å². The first-order valence-electron chi connectivity index (χ1n) is 6.52. The molecule has 0 unspecified atom stereocenters. The summed E-state index contributed by atoms with van der Waals surface area (Å²) in [5.41, 5.74) is -0.0660. The largest absolute Gasteiger partial charge is 0.465 e. The van der Waals surface area contributed by atoms with Gasteiger partial charge in [-0.15, -0.1) is 0 Å². The standard InChI is InChI=1S/C13H18N2O5S/c1-5-19-11(16)8(4)21-10-9(12(17)20-6-2)7(3)14-13(18)15-10/h8H,5-6H2,1-4H3,(H,14,15,18)/t8-/m1/s1. The summed E-state index contributed by atoms with van der Waals surface area (Å²) < 4.78 is 9.84. The van der Waals surface area contributed by atoms with Crippen molar-refractivity contribution < 1.29 is 19.1 Å². The quantitative estimate of drug-likeness (QED) is 0.480. The smallest absolute Gasteiger partial charge is 0.346 e. The first kappa shape index (κ1) is 17.2. The van der Waals surface area contributed by atoms with Gasteiger partial charge in [0.05, 0.1) is 13.2 Å². The van der Waals surface area contributed by atoms with E-state index < -0.39 is 22.9 Å². The topological polar surface area (TPSA) is 98.3 Å². The Morgan fingerprint density at radius 2 is 1.90 bits per heavy atom. The van der Waals surface area contributed by atoms with E-state index in [1.165, 1.54) is 0 Å². The average Bonchev–Trinajstić information content (AvgIpc) is 2.38. The molecule has 1 heterocycles. The Kier molecular flexibility index (Phi) is 6.41. The Morgan fingerprint density at radius 3 is 2.48 bits per heavy atom. The van der Waals surface area contributed by atoms with E-state index in [0.29, 0.717) is 5.69 Å². The second-order valence-electron chi connectivity index (χ2n) is 4.08. The number of hydrogen-bond donors (Lipinski definition) is 1. The summed E-state index contributed by atoms with van der Waals surface area (Å²) in [7, 11) is 0. The molecule has 1 aromatic rings. The molecule has 1 N–H and O–H groups in total. The summed E-state index contributed by atoms with van der Waals surface area (Å²) in [6.07, 6.45) is 0. The van der Waals surface area contributed by atoms with Gasteiger partial charge in [-0.2, -0.15) is 4.98 Å². The van der Waals surface area contributed by atoms with E-state index in [4.69, 9.17) is 9.47 Å². The third-order valence-corrected chi connectivity index (χ3v) is 3.54. The van der Waals surface area contributed by atoms with Crippen LogP contribution < -0.4 is 5.69 Å². The highest BCUT2D eigenvalue weighted by Gasteiger charge is 2.24. The molecule has 1 rings (SSSR count). The van der Waals surface area contributed by atoms with Crippen LogP contribution >= 0.6 is 11.8 Å². The molecule has 0 radical (unpaired) electrons. The minimum absolute atomic E-state index is 0.162. The van der Waals surface area contributed by atoms with E-state index in [2.05, 4.69) is 9.97 Å². The highest BCUT2D eigenvalue weighted by molar-refractivity contribution is 8.00. The van der Waals surface area contributed by atoms with Crippen LogP contribution in [0, 0.1) is 6.92 Å². The van der Waals surface area contributed by atoms with Crippen LogP contribution in [0.1, 0.15) is 36.8 Å². The lowest BCUT2D eigenvalue weighted by molar-refractivity contribution is -0.142. The molecule has 0 saturated heterocycles. The lowest BCUT2D eigenvalue weighted by Crippen LogP contribution is -2.22. The van der Waals surface area contributed by atoms with Crippen molar-refractivity contribution in [3.8, 4) is 0 Å². The minimum Gasteiger partial charge on any atom is -0.465 e. The average molecular weight is 314 g/mol. The minimum atomic E-state index is -0.591. The number of esters is 2. The monoisotopic (exact) mass is 314 g/mol. The fourth-order valence-corrected chi connectivity index (χ4v) is 2.55. The van der Waals surface area contributed by atoms with Crippen molar-refractivity contribution in [1.29, 1.82) is 0 Å². The molecule has 0 fully saturated rings. The molecule has 116 valence electrons. The van der Waals surface area contributed by atoms with E-state index in [9.17, 15) is 14.4 Å². The third kappa shape index (κ3) is 4.59. The van der Waals surface area contributed by atoms with Gasteiger partial charge in [-0.1, -0.05) is 11.8 Å². The van der Waals surface area contributed by atoms with Gasteiger partial charge in [-0.05, 0) is 27.7 Å². The normalized spacial score (nSPS) is 11.8. The Bertz CT molecular complexity index is 584. The van der Waals surface area contributed by atoms with Crippen molar-refractivity contribution in [2.24, 2.45) is 0 Å². The number of aryl methyl sites for hydroxylation is 1. The lowest BCUT2D eigenvalue weighted by atomic mass is 10.2. The number of H-pyrrole nitrogens is 1. The van der Waals surface area contributed by atoms with Crippen LogP contribution in [-0.2, 0) is 14.3 Å². The van der Waals surface area contributed by atoms with Crippen molar-refractivity contribution in [1.82, 2.24) is 9.97 Å². The summed E-state index contributed by atoms with van der Waals surface area (Å²) in [6, 6.07) is 0. The van der Waals surface area contributed by atoms with E-state index >= 15 is 0 Å². The van der Waals surface area contributed by atoms with Gasteiger partial charge in [-0.25, -0.2) is 9.59 Å². The first-order chi connectivity index (χ1) is 9.90. The van der Waals surface area contributed by atoms with E-state index in [1.54, 1.807) is 27.7 Å². The number of nitrogens with zero attached hydrogens (tertiary/aromatic N) is 1. The van der Waals surface area contributed by atoms with Crippen molar-refractivity contribution in [3.63, 3.8) is 0 Å². The zero-order valence-electron chi connectivity index (χ0n) is 12.4. The molecule has 0 bridgehead atoms. The molecule has 7 nitrogen and oxygen atoms in total. The van der Waals surface area contributed by atoms with Gasteiger partial charge in [0.25, 0.3) is 0 Å². The van der Waals surface area contributed by atoms with Gasteiger partial charge >= 0.3 is 17.6 Å². The predicted molar refractivity (Wildman–Crippen MR) is 77.5 cm³/mol. The molecule has 0 aliphatic rings. The number of nitrogens with one attached hydrogen (secondary N) is 1. The zero-order valence-corrected chi connectivity index (χ0v) is 13.2. The maximum Gasteiger partial charge on any atom is 0.346 e. The summed E-state index contributed by atoms with van der Waals surface area (Å²) >= 11 is 0.994. The number of aromatic nitrogens is 2. The number of hydrogen-bond acceptors (Lipinski definition) is 7. The number of carbonyl (C=O) groups excluding carboxylic acids is 2. The number of ether oxygens (including phenoxy) is 2. The predicted octanol–water partition coefficient (Wildman–Crippen LogP) is 1.30. The Hall–Kier alpha value is -1.83. The van der Waals surface area contributed by atoms with E-state index in [0.717, 1.165) is 11.8 Å². The molecule has 21 heavy (non-hydrogen) atoms. The van der Waals surface area contributed by atoms with Crippen molar-refractivity contribution in [3.05, 3.63) is 21.7 Å². The van der Waals surface area contributed by atoms with Gasteiger partial charge < -0.3 is 14.5 Å². The van der Waals surface area contributed by atoms with Crippen LogP contribution in [0.15, 0.2) is 9.82 Å². The summed E-state index contributed by atoms with van der Waals surface area (Å²) in [5.74, 6) is -1.02. The zero-order chi connectivity index (χ0) is 16.0. The Balaban J connectivity index is 3.13. The van der Waals surface area contributed by atoms with Crippen LogP contribution in [0.2, 0.25) is 0 Å². The molecule has 8 heteroatoms. The lowest BCUT2D eigenvalue weighted by Gasteiger charge is -2.13.